The quantitative estimate of drug-likeness (QED) is 0.253. The number of aliphatic imine (C=N–C) groups is 1. The Balaban J connectivity index is 0.00000450. The lowest BCUT2D eigenvalue weighted by Gasteiger charge is -2.31. The summed E-state index contributed by atoms with van der Waals surface area (Å²) in [6.45, 7) is 7.38. The lowest BCUT2D eigenvalue weighted by Crippen LogP contribution is -2.52. The highest BCUT2D eigenvalue weighted by molar-refractivity contribution is 14.0. The number of hydrogen-bond donors (Lipinski definition) is 3. The summed E-state index contributed by atoms with van der Waals surface area (Å²) in [6.07, 6.45) is -4.00. The van der Waals surface area contributed by atoms with Crippen LogP contribution in [-0.2, 0) is 12.6 Å². The van der Waals surface area contributed by atoms with Crippen LogP contribution in [0.4, 0.5) is 13.2 Å². The van der Waals surface area contributed by atoms with Gasteiger partial charge >= 0.3 is 6.18 Å². The highest BCUT2D eigenvalue weighted by atomic mass is 127. The van der Waals surface area contributed by atoms with Gasteiger partial charge in [-0.15, -0.1) is 35.3 Å². The lowest BCUT2D eigenvalue weighted by atomic mass is 10.0. The van der Waals surface area contributed by atoms with Crippen molar-refractivity contribution in [2.75, 3.05) is 20.1 Å². The molecule has 0 aliphatic rings. The number of rotatable bonds is 8. The van der Waals surface area contributed by atoms with Crippen molar-refractivity contribution in [3.63, 3.8) is 0 Å². The Morgan fingerprint density at radius 3 is 2.40 bits per heavy atom. The number of halogens is 4. The van der Waals surface area contributed by atoms with E-state index in [0.717, 1.165) is 16.7 Å². The number of aromatic nitrogens is 1. The second-order valence-corrected chi connectivity index (χ2v) is 8.33. The van der Waals surface area contributed by atoms with E-state index in [1.807, 2.05) is 18.2 Å². The maximum atomic E-state index is 12.6. The Labute approximate surface area is 197 Å². The van der Waals surface area contributed by atoms with E-state index in [2.05, 4.69) is 58.8 Å². The summed E-state index contributed by atoms with van der Waals surface area (Å²) >= 11 is 1.02. The molecule has 1 aromatic carbocycles. The summed E-state index contributed by atoms with van der Waals surface area (Å²) in [7, 11) is 1.66. The first kappa shape index (κ1) is 26.6. The molecule has 0 amide bonds. The Hall–Kier alpha value is -1.40. The van der Waals surface area contributed by atoms with Crippen LogP contribution in [0.3, 0.4) is 0 Å². The summed E-state index contributed by atoms with van der Waals surface area (Å²) in [5.74, 6) is 0.597. The van der Waals surface area contributed by atoms with Crippen molar-refractivity contribution < 1.29 is 13.2 Å². The molecule has 0 aliphatic heterocycles. The lowest BCUT2D eigenvalue weighted by molar-refractivity contribution is -0.140. The molecule has 0 fully saturated rings. The van der Waals surface area contributed by atoms with Gasteiger partial charge in [0.15, 0.2) is 11.7 Å². The highest BCUT2D eigenvalue weighted by Crippen LogP contribution is 2.30. The SMILES string of the molecule is CN=C(NCCc1nc(C(F)(F)F)cs1)NCC(C)(C)NC(C)c1ccccc1.I. The van der Waals surface area contributed by atoms with Crippen LogP contribution in [0.15, 0.2) is 40.7 Å². The van der Waals surface area contributed by atoms with E-state index in [1.54, 1.807) is 7.05 Å². The van der Waals surface area contributed by atoms with Crippen molar-refractivity contribution in [1.82, 2.24) is 20.9 Å². The van der Waals surface area contributed by atoms with Crippen LogP contribution in [0.5, 0.6) is 0 Å². The van der Waals surface area contributed by atoms with Gasteiger partial charge in [0.25, 0.3) is 0 Å². The maximum Gasteiger partial charge on any atom is 0.434 e. The Kier molecular flexibility index (Phi) is 10.5. The van der Waals surface area contributed by atoms with Crippen molar-refractivity contribution in [2.45, 2.75) is 44.9 Å². The molecule has 168 valence electrons. The van der Waals surface area contributed by atoms with Crippen LogP contribution in [0.25, 0.3) is 0 Å². The predicted molar refractivity (Wildman–Crippen MR) is 128 cm³/mol. The molecule has 0 aliphatic carbocycles. The van der Waals surface area contributed by atoms with Gasteiger partial charge in [-0.25, -0.2) is 4.98 Å². The summed E-state index contributed by atoms with van der Waals surface area (Å²) in [4.78, 5) is 7.81. The van der Waals surface area contributed by atoms with E-state index in [9.17, 15) is 13.2 Å². The Morgan fingerprint density at radius 1 is 1.17 bits per heavy atom. The fourth-order valence-electron chi connectivity index (χ4n) is 2.83. The first-order valence-corrected chi connectivity index (χ1v) is 10.3. The molecular formula is C20H29F3IN5S. The monoisotopic (exact) mass is 555 g/mol. The van der Waals surface area contributed by atoms with Gasteiger partial charge in [0.05, 0.1) is 5.01 Å². The van der Waals surface area contributed by atoms with Crippen molar-refractivity contribution in [1.29, 1.82) is 0 Å². The molecular weight excluding hydrogens is 526 g/mol. The summed E-state index contributed by atoms with van der Waals surface area (Å²) in [5.41, 5.74) is 0.175. The van der Waals surface area contributed by atoms with Gasteiger partial charge in [-0.1, -0.05) is 30.3 Å². The average Bonchev–Trinajstić information content (AvgIpc) is 3.14. The van der Waals surface area contributed by atoms with Crippen LogP contribution in [0, 0.1) is 0 Å². The number of hydrogen-bond acceptors (Lipinski definition) is 4. The van der Waals surface area contributed by atoms with E-state index in [0.29, 0.717) is 30.5 Å². The van der Waals surface area contributed by atoms with Gasteiger partial charge < -0.3 is 16.0 Å². The number of nitrogens with zero attached hydrogens (tertiary/aromatic N) is 2. The van der Waals surface area contributed by atoms with Crippen LogP contribution >= 0.6 is 35.3 Å². The molecule has 1 heterocycles. The number of benzene rings is 1. The zero-order valence-corrected chi connectivity index (χ0v) is 20.7. The molecule has 5 nitrogen and oxygen atoms in total. The predicted octanol–water partition coefficient (Wildman–Crippen LogP) is 4.62. The third-order valence-corrected chi connectivity index (χ3v) is 5.21. The molecule has 0 saturated heterocycles. The normalized spacial score (nSPS) is 13.5. The number of nitrogens with one attached hydrogen (secondary N) is 3. The molecule has 1 aromatic heterocycles. The molecule has 3 N–H and O–H groups in total. The molecule has 0 bridgehead atoms. The van der Waals surface area contributed by atoms with Crippen molar-refractivity contribution in [2.24, 2.45) is 4.99 Å². The number of guanidine groups is 1. The molecule has 0 spiro atoms. The zero-order chi connectivity index (χ0) is 21.5. The molecule has 2 rings (SSSR count). The third kappa shape index (κ3) is 8.76. The highest BCUT2D eigenvalue weighted by Gasteiger charge is 2.33. The van der Waals surface area contributed by atoms with Gasteiger partial charge in [-0.05, 0) is 26.3 Å². The average molecular weight is 555 g/mol. The Morgan fingerprint density at radius 2 is 1.83 bits per heavy atom. The fraction of sp³-hybridized carbons (Fsp3) is 0.500. The molecule has 0 radical (unpaired) electrons. The maximum absolute atomic E-state index is 12.6. The van der Waals surface area contributed by atoms with Gasteiger partial charge in [0.1, 0.15) is 0 Å². The molecule has 1 atom stereocenters. The van der Waals surface area contributed by atoms with Gasteiger partial charge in [0.2, 0.25) is 0 Å². The van der Waals surface area contributed by atoms with Gasteiger partial charge in [-0.3, -0.25) is 4.99 Å². The topological polar surface area (TPSA) is 61.3 Å². The van der Waals surface area contributed by atoms with Gasteiger partial charge in [0, 0.05) is 43.5 Å². The zero-order valence-electron chi connectivity index (χ0n) is 17.5. The second-order valence-electron chi connectivity index (χ2n) is 7.39. The Bertz CT molecular complexity index is 793. The van der Waals surface area contributed by atoms with Crippen LogP contribution in [0.1, 0.15) is 43.1 Å². The van der Waals surface area contributed by atoms with E-state index in [4.69, 9.17) is 0 Å². The molecule has 2 aromatic rings. The smallest absolute Gasteiger partial charge is 0.356 e. The molecule has 10 heteroatoms. The number of thiazole rings is 1. The first-order chi connectivity index (χ1) is 13.6. The summed E-state index contributed by atoms with van der Waals surface area (Å²) in [5, 5.41) is 11.5. The van der Waals surface area contributed by atoms with Crippen molar-refractivity contribution in [3.05, 3.63) is 52.0 Å². The fourth-order valence-corrected chi connectivity index (χ4v) is 3.64. The summed E-state index contributed by atoms with van der Waals surface area (Å²) < 4.78 is 37.8. The number of alkyl halides is 3. The standard InChI is InChI=1S/C20H28F3N5S.HI/c1-14(15-8-6-5-7-9-15)28-19(2,3)13-26-18(24-4)25-11-10-17-27-16(12-29-17)20(21,22)23;/h5-9,12,14,28H,10-11,13H2,1-4H3,(H2,24,25,26);1H. The van der Waals surface area contributed by atoms with Crippen molar-refractivity contribution >= 4 is 41.3 Å². The molecule has 30 heavy (non-hydrogen) atoms. The molecule has 1 unspecified atom stereocenters. The largest absolute Gasteiger partial charge is 0.434 e. The van der Waals surface area contributed by atoms with Gasteiger partial charge in [-0.2, -0.15) is 13.2 Å². The first-order valence-electron chi connectivity index (χ1n) is 9.39. The van der Waals surface area contributed by atoms with Crippen LogP contribution in [0.2, 0.25) is 0 Å². The van der Waals surface area contributed by atoms with E-state index < -0.39 is 11.9 Å². The van der Waals surface area contributed by atoms with Crippen LogP contribution < -0.4 is 16.0 Å². The second kappa shape index (κ2) is 11.8. The van der Waals surface area contributed by atoms with E-state index >= 15 is 0 Å². The van der Waals surface area contributed by atoms with Crippen LogP contribution in [-0.4, -0.2) is 36.6 Å². The van der Waals surface area contributed by atoms with E-state index in [1.165, 1.54) is 5.56 Å². The minimum Gasteiger partial charge on any atom is -0.356 e. The van der Waals surface area contributed by atoms with E-state index in [-0.39, 0.29) is 35.6 Å². The third-order valence-electron chi connectivity index (χ3n) is 4.30. The summed E-state index contributed by atoms with van der Waals surface area (Å²) in [6, 6.07) is 10.4. The minimum absolute atomic E-state index is 0. The van der Waals surface area contributed by atoms with Crippen molar-refractivity contribution in [3.8, 4) is 0 Å². The minimum atomic E-state index is -4.39. The molecule has 0 saturated carbocycles.